The third-order valence-corrected chi connectivity index (χ3v) is 5.16. The van der Waals surface area contributed by atoms with Gasteiger partial charge in [-0.3, -0.25) is 4.79 Å². The number of amides is 1. The van der Waals surface area contributed by atoms with Crippen molar-refractivity contribution in [3.8, 4) is 11.5 Å². The van der Waals surface area contributed by atoms with E-state index in [1.807, 2.05) is 67.5 Å². The van der Waals surface area contributed by atoms with E-state index >= 15 is 0 Å². The maximum absolute atomic E-state index is 12.8. The van der Waals surface area contributed by atoms with Crippen molar-refractivity contribution in [1.29, 1.82) is 0 Å². The van der Waals surface area contributed by atoms with Crippen molar-refractivity contribution in [3.05, 3.63) is 59.7 Å². The van der Waals surface area contributed by atoms with Crippen molar-refractivity contribution >= 4 is 17.7 Å². The minimum Gasteiger partial charge on any atom is -0.493 e. The van der Waals surface area contributed by atoms with Crippen molar-refractivity contribution in [1.82, 2.24) is 4.90 Å². The normalized spacial score (nSPS) is 16.4. The molecule has 2 aromatic carbocycles. The zero-order chi connectivity index (χ0) is 20.1. The summed E-state index contributed by atoms with van der Waals surface area (Å²) in [6, 6.07) is 14.1. The van der Waals surface area contributed by atoms with Crippen molar-refractivity contribution in [2.75, 3.05) is 39.8 Å². The summed E-state index contributed by atoms with van der Waals surface area (Å²) in [7, 11) is 7.27. The summed E-state index contributed by atoms with van der Waals surface area (Å²) >= 11 is 0. The van der Waals surface area contributed by atoms with Crippen LogP contribution in [0.5, 0.6) is 11.5 Å². The molecule has 5 heteroatoms. The predicted molar refractivity (Wildman–Crippen MR) is 113 cm³/mol. The zero-order valence-corrected chi connectivity index (χ0v) is 17.0. The maximum atomic E-state index is 12.8. The van der Waals surface area contributed by atoms with E-state index < -0.39 is 0 Å². The van der Waals surface area contributed by atoms with Gasteiger partial charge in [-0.25, -0.2) is 0 Å². The van der Waals surface area contributed by atoms with Crippen LogP contribution in [-0.4, -0.2) is 45.7 Å². The van der Waals surface area contributed by atoms with Gasteiger partial charge in [0, 0.05) is 32.4 Å². The van der Waals surface area contributed by atoms with E-state index in [2.05, 4.69) is 4.90 Å². The molecule has 5 nitrogen and oxygen atoms in total. The monoisotopic (exact) mass is 380 g/mol. The number of benzene rings is 2. The smallest absolute Gasteiger partial charge is 0.247 e. The Kier molecular flexibility index (Phi) is 6.24. The average Bonchev–Trinajstić information content (AvgIpc) is 3.21. The fraction of sp³-hybridized carbons (Fsp3) is 0.348. The summed E-state index contributed by atoms with van der Waals surface area (Å²) in [5, 5.41) is 0. The van der Waals surface area contributed by atoms with Crippen LogP contribution < -0.4 is 14.4 Å². The number of carbonyl (C=O) groups excluding carboxylic acids is 1. The van der Waals surface area contributed by atoms with Crippen molar-refractivity contribution < 1.29 is 14.3 Å². The molecular formula is C23H28N2O3. The van der Waals surface area contributed by atoms with Crippen LogP contribution >= 0.6 is 0 Å². The standard InChI is InChI=1S/C23H28N2O3/c1-24(2)19-11-7-17(8-12-19)9-14-23(26)25-15-5-6-20(25)18-10-13-21(27-3)22(16-18)28-4/h7-14,16,20H,5-6,15H2,1-4H3/b14-9+/t20-/m0/s1. The molecule has 0 aliphatic carbocycles. The molecule has 1 heterocycles. The van der Waals surface area contributed by atoms with Gasteiger partial charge >= 0.3 is 0 Å². The van der Waals surface area contributed by atoms with Crippen molar-refractivity contribution in [2.24, 2.45) is 0 Å². The Morgan fingerprint density at radius 3 is 2.43 bits per heavy atom. The molecule has 0 spiro atoms. The molecule has 2 aromatic rings. The summed E-state index contributed by atoms with van der Waals surface area (Å²) in [5.74, 6) is 1.42. The summed E-state index contributed by atoms with van der Waals surface area (Å²) in [5.41, 5.74) is 3.23. The largest absolute Gasteiger partial charge is 0.493 e. The average molecular weight is 380 g/mol. The number of hydrogen-bond acceptors (Lipinski definition) is 4. The SMILES string of the molecule is COc1ccc([C@@H]2CCCN2C(=O)/C=C/c2ccc(N(C)C)cc2)cc1OC. The van der Waals surface area contributed by atoms with Gasteiger partial charge in [0.05, 0.1) is 20.3 Å². The quantitative estimate of drug-likeness (QED) is 0.706. The van der Waals surface area contributed by atoms with Gasteiger partial charge < -0.3 is 19.3 Å². The topological polar surface area (TPSA) is 42.0 Å². The van der Waals surface area contributed by atoms with Crippen LogP contribution in [0.4, 0.5) is 5.69 Å². The number of nitrogens with zero attached hydrogens (tertiary/aromatic N) is 2. The number of methoxy groups -OCH3 is 2. The first kappa shape index (κ1) is 19.8. The molecule has 148 valence electrons. The lowest BCUT2D eigenvalue weighted by molar-refractivity contribution is -0.126. The Labute approximate surface area is 167 Å². The van der Waals surface area contributed by atoms with Gasteiger partial charge in [0.25, 0.3) is 0 Å². The van der Waals surface area contributed by atoms with Crippen molar-refractivity contribution in [3.63, 3.8) is 0 Å². The summed E-state index contributed by atoms with van der Waals surface area (Å²) in [4.78, 5) is 16.8. The molecule has 0 unspecified atom stereocenters. The van der Waals surface area contributed by atoms with Crippen molar-refractivity contribution in [2.45, 2.75) is 18.9 Å². The van der Waals surface area contributed by atoms with Crippen LogP contribution in [0.1, 0.15) is 30.0 Å². The molecule has 0 N–H and O–H groups in total. The van der Waals surface area contributed by atoms with E-state index in [1.165, 1.54) is 0 Å². The molecule has 3 rings (SSSR count). The zero-order valence-electron chi connectivity index (χ0n) is 17.0. The van der Waals surface area contributed by atoms with Crippen LogP contribution in [0, 0.1) is 0 Å². The first-order valence-electron chi connectivity index (χ1n) is 9.51. The fourth-order valence-electron chi connectivity index (χ4n) is 3.58. The predicted octanol–water partition coefficient (Wildman–Crippen LogP) is 4.15. The lowest BCUT2D eigenvalue weighted by atomic mass is 10.0. The van der Waals surface area contributed by atoms with E-state index in [0.717, 1.165) is 36.2 Å². The van der Waals surface area contributed by atoms with E-state index in [-0.39, 0.29) is 11.9 Å². The Hall–Kier alpha value is -2.95. The number of likely N-dealkylation sites (tertiary alicyclic amines) is 1. The molecule has 1 aliphatic heterocycles. The van der Waals surface area contributed by atoms with Gasteiger partial charge in [0.15, 0.2) is 11.5 Å². The highest BCUT2D eigenvalue weighted by Crippen LogP contribution is 2.37. The summed E-state index contributed by atoms with van der Waals surface area (Å²) in [6.07, 6.45) is 5.50. The molecule has 1 aliphatic rings. The van der Waals surface area contributed by atoms with E-state index in [0.29, 0.717) is 11.5 Å². The second-order valence-corrected chi connectivity index (χ2v) is 7.12. The molecule has 1 atom stereocenters. The Morgan fingerprint density at radius 1 is 1.07 bits per heavy atom. The van der Waals surface area contributed by atoms with Gasteiger partial charge in [-0.2, -0.15) is 0 Å². The minimum atomic E-state index is 0.0361. The first-order chi connectivity index (χ1) is 13.5. The highest BCUT2D eigenvalue weighted by molar-refractivity contribution is 5.92. The van der Waals surface area contributed by atoms with Crippen LogP contribution in [-0.2, 0) is 4.79 Å². The minimum absolute atomic E-state index is 0.0361. The summed E-state index contributed by atoms with van der Waals surface area (Å²) < 4.78 is 10.7. The second kappa shape index (κ2) is 8.83. The van der Waals surface area contributed by atoms with Crippen LogP contribution in [0.2, 0.25) is 0 Å². The molecule has 28 heavy (non-hydrogen) atoms. The van der Waals surface area contributed by atoms with Gasteiger partial charge in [0.2, 0.25) is 5.91 Å². The first-order valence-corrected chi connectivity index (χ1v) is 9.51. The number of ether oxygens (including phenoxy) is 2. The lowest BCUT2D eigenvalue weighted by Gasteiger charge is -2.24. The molecule has 1 amide bonds. The highest BCUT2D eigenvalue weighted by Gasteiger charge is 2.29. The van der Waals surface area contributed by atoms with E-state index in [9.17, 15) is 4.79 Å². The molecule has 1 saturated heterocycles. The molecule has 0 saturated carbocycles. The molecular weight excluding hydrogens is 352 g/mol. The Balaban J connectivity index is 1.74. The van der Waals surface area contributed by atoms with Gasteiger partial charge in [-0.05, 0) is 54.3 Å². The second-order valence-electron chi connectivity index (χ2n) is 7.12. The number of carbonyl (C=O) groups is 1. The molecule has 1 fully saturated rings. The molecule has 0 radical (unpaired) electrons. The number of hydrogen-bond donors (Lipinski definition) is 0. The van der Waals surface area contributed by atoms with Gasteiger partial charge in [0.1, 0.15) is 0 Å². The lowest BCUT2D eigenvalue weighted by Crippen LogP contribution is -2.28. The number of anilines is 1. The summed E-state index contributed by atoms with van der Waals surface area (Å²) in [6.45, 7) is 0.766. The Bertz CT molecular complexity index is 843. The third-order valence-electron chi connectivity index (χ3n) is 5.16. The Morgan fingerprint density at radius 2 is 1.79 bits per heavy atom. The van der Waals surface area contributed by atoms with Crippen LogP contribution in [0.3, 0.4) is 0 Å². The van der Waals surface area contributed by atoms with E-state index in [4.69, 9.17) is 9.47 Å². The van der Waals surface area contributed by atoms with Gasteiger partial charge in [-0.1, -0.05) is 18.2 Å². The van der Waals surface area contributed by atoms with Crippen LogP contribution in [0.15, 0.2) is 48.5 Å². The van der Waals surface area contributed by atoms with E-state index in [1.54, 1.807) is 20.3 Å². The third kappa shape index (κ3) is 4.30. The van der Waals surface area contributed by atoms with Gasteiger partial charge in [-0.15, -0.1) is 0 Å². The molecule has 0 bridgehead atoms. The maximum Gasteiger partial charge on any atom is 0.247 e. The van der Waals surface area contributed by atoms with Crippen LogP contribution in [0.25, 0.3) is 6.08 Å². The molecule has 0 aromatic heterocycles. The number of rotatable bonds is 6. The fourth-order valence-corrected chi connectivity index (χ4v) is 3.58. The highest BCUT2D eigenvalue weighted by atomic mass is 16.5.